The Morgan fingerprint density at radius 2 is 1.60 bits per heavy atom. The molecule has 0 aliphatic heterocycles. The number of benzene rings is 2. The molecule has 2 heterocycles. The Kier molecular flexibility index (Phi) is 3.77. The molecule has 0 amide bonds. The highest BCUT2D eigenvalue weighted by atomic mass is 15.0. The molecule has 1 N–H and O–H groups in total. The fourth-order valence-electron chi connectivity index (χ4n) is 2.57. The normalized spacial score (nSPS) is 10.4. The molecule has 0 aliphatic carbocycles. The second-order valence-corrected chi connectivity index (χ2v) is 5.46. The zero-order valence-corrected chi connectivity index (χ0v) is 13.2. The van der Waals surface area contributed by atoms with Crippen LogP contribution in [0.25, 0.3) is 22.3 Å². The Labute approximate surface area is 144 Å². The van der Waals surface area contributed by atoms with E-state index in [9.17, 15) is 0 Å². The Hall–Kier alpha value is -3.78. The number of nitriles is 1. The fourth-order valence-corrected chi connectivity index (χ4v) is 2.57. The molecular formula is C20H13N5. The molecule has 0 unspecified atom stereocenters. The summed E-state index contributed by atoms with van der Waals surface area (Å²) in [7, 11) is 0. The van der Waals surface area contributed by atoms with Crippen molar-refractivity contribution in [1.82, 2.24) is 15.0 Å². The minimum Gasteiger partial charge on any atom is -0.340 e. The van der Waals surface area contributed by atoms with E-state index >= 15 is 0 Å². The maximum absolute atomic E-state index is 8.93. The number of aromatic nitrogens is 3. The van der Waals surface area contributed by atoms with Gasteiger partial charge >= 0.3 is 0 Å². The van der Waals surface area contributed by atoms with Crippen LogP contribution in [0.15, 0.2) is 73.1 Å². The van der Waals surface area contributed by atoms with Crippen LogP contribution in [0.2, 0.25) is 0 Å². The molecule has 5 nitrogen and oxygen atoms in total. The van der Waals surface area contributed by atoms with E-state index < -0.39 is 0 Å². The predicted octanol–water partition coefficient (Wildman–Crippen LogP) is 4.31. The number of hydrogen-bond acceptors (Lipinski definition) is 5. The Morgan fingerprint density at radius 1 is 0.840 bits per heavy atom. The van der Waals surface area contributed by atoms with Crippen LogP contribution < -0.4 is 5.32 Å². The average Bonchev–Trinajstić information content (AvgIpc) is 2.69. The van der Waals surface area contributed by atoms with Crippen LogP contribution in [0.3, 0.4) is 0 Å². The first kappa shape index (κ1) is 14.8. The third-order valence-corrected chi connectivity index (χ3v) is 3.82. The topological polar surface area (TPSA) is 74.5 Å². The molecule has 5 heteroatoms. The number of anilines is 2. The van der Waals surface area contributed by atoms with Crippen molar-refractivity contribution < 1.29 is 0 Å². The molecule has 0 aliphatic rings. The van der Waals surface area contributed by atoms with E-state index in [1.807, 2.05) is 48.5 Å². The van der Waals surface area contributed by atoms with Gasteiger partial charge in [-0.3, -0.25) is 4.98 Å². The summed E-state index contributed by atoms with van der Waals surface area (Å²) in [4.78, 5) is 13.4. The van der Waals surface area contributed by atoms with Gasteiger partial charge in [0, 0.05) is 29.0 Å². The number of nitrogens with one attached hydrogen (secondary N) is 1. The van der Waals surface area contributed by atoms with Crippen LogP contribution in [0, 0.1) is 11.3 Å². The molecule has 4 rings (SSSR count). The second-order valence-electron chi connectivity index (χ2n) is 5.46. The molecule has 0 bridgehead atoms. The lowest BCUT2D eigenvalue weighted by molar-refractivity contribution is 1.21. The van der Waals surface area contributed by atoms with Crippen molar-refractivity contribution in [2.24, 2.45) is 0 Å². The standard InChI is InChI=1S/C20H13N5/c21-13-14-5-7-16(8-6-14)23-20-17-3-1-2-4-18(17)24-19(25-20)15-9-11-22-12-10-15/h1-12H,(H,23,24,25). The van der Waals surface area contributed by atoms with Gasteiger partial charge in [-0.1, -0.05) is 12.1 Å². The summed E-state index contributed by atoms with van der Waals surface area (Å²) >= 11 is 0. The van der Waals surface area contributed by atoms with E-state index in [1.165, 1.54) is 0 Å². The lowest BCUT2D eigenvalue weighted by Gasteiger charge is -2.11. The molecule has 0 spiro atoms. The molecule has 0 fully saturated rings. The first-order valence-corrected chi connectivity index (χ1v) is 7.78. The van der Waals surface area contributed by atoms with E-state index in [0.29, 0.717) is 11.4 Å². The van der Waals surface area contributed by atoms with Crippen LogP contribution in [0.1, 0.15) is 5.56 Å². The van der Waals surface area contributed by atoms with E-state index in [4.69, 9.17) is 10.2 Å². The summed E-state index contributed by atoms with van der Waals surface area (Å²) in [6.45, 7) is 0. The van der Waals surface area contributed by atoms with Crippen LogP contribution in [-0.4, -0.2) is 15.0 Å². The largest absolute Gasteiger partial charge is 0.340 e. The highest BCUT2D eigenvalue weighted by molar-refractivity contribution is 5.92. The van der Waals surface area contributed by atoms with Crippen molar-refractivity contribution in [2.75, 3.05) is 5.32 Å². The number of hydrogen-bond donors (Lipinski definition) is 1. The summed E-state index contributed by atoms with van der Waals surface area (Å²) in [6.07, 6.45) is 3.45. The van der Waals surface area contributed by atoms with Crippen LogP contribution in [0.5, 0.6) is 0 Å². The van der Waals surface area contributed by atoms with Crippen molar-refractivity contribution in [1.29, 1.82) is 5.26 Å². The minimum absolute atomic E-state index is 0.621. The molecule has 25 heavy (non-hydrogen) atoms. The molecule has 2 aromatic carbocycles. The number of nitrogens with zero attached hydrogens (tertiary/aromatic N) is 4. The highest BCUT2D eigenvalue weighted by Crippen LogP contribution is 2.27. The molecule has 0 radical (unpaired) electrons. The third kappa shape index (κ3) is 3.01. The van der Waals surface area contributed by atoms with Gasteiger partial charge in [0.25, 0.3) is 0 Å². The summed E-state index contributed by atoms with van der Waals surface area (Å²) in [5.41, 5.74) is 3.25. The molecular weight excluding hydrogens is 310 g/mol. The first-order chi connectivity index (χ1) is 12.3. The Balaban J connectivity index is 1.82. The minimum atomic E-state index is 0.621. The molecule has 2 aromatic heterocycles. The summed E-state index contributed by atoms with van der Waals surface area (Å²) in [5.74, 6) is 1.36. The Bertz CT molecular complexity index is 1070. The van der Waals surface area contributed by atoms with Gasteiger partial charge in [0.1, 0.15) is 5.82 Å². The van der Waals surface area contributed by atoms with Gasteiger partial charge in [-0.2, -0.15) is 5.26 Å². The maximum Gasteiger partial charge on any atom is 0.162 e. The first-order valence-electron chi connectivity index (χ1n) is 7.78. The molecule has 4 aromatic rings. The number of para-hydroxylation sites is 1. The van der Waals surface area contributed by atoms with Gasteiger partial charge in [-0.25, -0.2) is 9.97 Å². The van der Waals surface area contributed by atoms with E-state index in [-0.39, 0.29) is 0 Å². The van der Waals surface area contributed by atoms with Crippen molar-refractivity contribution in [3.63, 3.8) is 0 Å². The van der Waals surface area contributed by atoms with Crippen molar-refractivity contribution >= 4 is 22.4 Å². The summed E-state index contributed by atoms with van der Waals surface area (Å²) in [5, 5.41) is 13.2. The summed E-state index contributed by atoms with van der Waals surface area (Å²) in [6, 6.07) is 21.0. The monoisotopic (exact) mass is 323 g/mol. The van der Waals surface area contributed by atoms with Crippen LogP contribution in [-0.2, 0) is 0 Å². The molecule has 0 saturated carbocycles. The Morgan fingerprint density at radius 3 is 2.36 bits per heavy atom. The van der Waals surface area contributed by atoms with Gasteiger partial charge in [-0.05, 0) is 48.5 Å². The molecule has 0 saturated heterocycles. The lowest BCUT2D eigenvalue weighted by Crippen LogP contribution is -1.99. The SMILES string of the molecule is N#Cc1ccc(Nc2nc(-c3ccncc3)nc3ccccc23)cc1. The van der Waals surface area contributed by atoms with Gasteiger partial charge in [0.15, 0.2) is 5.82 Å². The fraction of sp³-hybridized carbons (Fsp3) is 0. The van der Waals surface area contributed by atoms with Crippen molar-refractivity contribution in [3.05, 3.63) is 78.6 Å². The predicted molar refractivity (Wildman–Crippen MR) is 97.2 cm³/mol. The van der Waals surface area contributed by atoms with Crippen LogP contribution in [0.4, 0.5) is 11.5 Å². The lowest BCUT2D eigenvalue weighted by atomic mass is 10.2. The van der Waals surface area contributed by atoms with E-state index in [2.05, 4.69) is 21.4 Å². The van der Waals surface area contributed by atoms with Crippen LogP contribution >= 0.6 is 0 Å². The number of pyridine rings is 1. The van der Waals surface area contributed by atoms with Gasteiger partial charge < -0.3 is 5.32 Å². The van der Waals surface area contributed by atoms with Gasteiger partial charge in [0.2, 0.25) is 0 Å². The summed E-state index contributed by atoms with van der Waals surface area (Å²) < 4.78 is 0. The quantitative estimate of drug-likeness (QED) is 0.608. The van der Waals surface area contributed by atoms with Crippen molar-refractivity contribution in [3.8, 4) is 17.5 Å². The van der Waals surface area contributed by atoms with Gasteiger partial charge in [-0.15, -0.1) is 0 Å². The van der Waals surface area contributed by atoms with Gasteiger partial charge in [0.05, 0.1) is 17.1 Å². The number of fused-ring (bicyclic) bond motifs is 1. The zero-order chi connectivity index (χ0) is 17.1. The maximum atomic E-state index is 8.93. The third-order valence-electron chi connectivity index (χ3n) is 3.82. The molecule has 0 atom stereocenters. The smallest absolute Gasteiger partial charge is 0.162 e. The van der Waals surface area contributed by atoms with E-state index in [0.717, 1.165) is 28.0 Å². The van der Waals surface area contributed by atoms with E-state index in [1.54, 1.807) is 24.5 Å². The zero-order valence-electron chi connectivity index (χ0n) is 13.2. The second kappa shape index (κ2) is 6.38. The average molecular weight is 323 g/mol. The van der Waals surface area contributed by atoms with Crippen molar-refractivity contribution in [2.45, 2.75) is 0 Å². The molecule has 118 valence electrons. The number of rotatable bonds is 3. The highest BCUT2D eigenvalue weighted by Gasteiger charge is 2.09.